The molecule has 0 aromatic rings. The van der Waals surface area contributed by atoms with E-state index in [0.29, 0.717) is 0 Å². The number of thiol groups is 1. The number of rotatable bonds is 3. The lowest BCUT2D eigenvalue weighted by atomic mass is 10.5. The minimum Gasteiger partial charge on any atom is -0.249 e. The molecule has 1 nitrogen and oxygen atoms in total. The fraction of sp³-hybridized carbons (Fsp3) is 0.125. The maximum Gasteiger partial charge on any atom is 0.114 e. The quantitative estimate of drug-likeness (QED) is 0.267. The van der Waals surface area contributed by atoms with Gasteiger partial charge in [-0.1, -0.05) is 18.7 Å². The van der Waals surface area contributed by atoms with Gasteiger partial charge in [-0.3, -0.25) is 0 Å². The molecule has 0 heterocycles. The van der Waals surface area contributed by atoms with E-state index < -0.39 is 0 Å². The minimum absolute atomic E-state index is 0.798. The van der Waals surface area contributed by atoms with E-state index in [9.17, 15) is 0 Å². The molecule has 0 rings (SSSR count). The van der Waals surface area contributed by atoms with Crippen LogP contribution in [-0.4, -0.2) is 6.21 Å². The summed E-state index contributed by atoms with van der Waals surface area (Å²) in [6.45, 7) is 5.52. The Kier molecular flexibility index (Phi) is 6.65. The second-order valence-corrected chi connectivity index (χ2v) is 3.19. The molecule has 0 bridgehead atoms. The molecule has 0 aliphatic heterocycles. The highest BCUT2D eigenvalue weighted by Gasteiger charge is 1.89. The summed E-state index contributed by atoms with van der Waals surface area (Å²) in [5, 5.41) is 0. The monoisotopic (exact) mass is 279 g/mol. The summed E-state index contributed by atoms with van der Waals surface area (Å²) < 4.78 is 0.846. The molecule has 0 N–H and O–H groups in total. The van der Waals surface area contributed by atoms with Gasteiger partial charge in [0, 0.05) is 11.1 Å². The lowest BCUT2D eigenvalue weighted by molar-refractivity contribution is 1.56. The van der Waals surface area contributed by atoms with Crippen molar-refractivity contribution < 1.29 is 0 Å². The Hall–Kier alpha value is -0.0300. The van der Waals surface area contributed by atoms with Crippen LogP contribution in [0.25, 0.3) is 0 Å². The van der Waals surface area contributed by atoms with Crippen LogP contribution in [0.15, 0.2) is 38.4 Å². The van der Waals surface area contributed by atoms with Gasteiger partial charge in [0.15, 0.2) is 0 Å². The third-order valence-corrected chi connectivity index (χ3v) is 2.55. The van der Waals surface area contributed by atoms with Gasteiger partial charge in [0.1, 0.15) is 3.70 Å². The van der Waals surface area contributed by atoms with Crippen molar-refractivity contribution in [3.63, 3.8) is 0 Å². The molecule has 0 fully saturated rings. The molecule has 3 heteroatoms. The van der Waals surface area contributed by atoms with Gasteiger partial charge in [-0.2, -0.15) is 0 Å². The van der Waals surface area contributed by atoms with Crippen molar-refractivity contribution in [3.05, 3.63) is 33.4 Å². The molecule has 0 atom stereocenters. The highest BCUT2D eigenvalue weighted by molar-refractivity contribution is 14.1. The maximum atomic E-state index is 4.14. The fourth-order valence-corrected chi connectivity index (χ4v) is 0.784. The predicted molar refractivity (Wildman–Crippen MR) is 63.5 cm³/mol. The van der Waals surface area contributed by atoms with E-state index in [1.165, 1.54) is 0 Å². The van der Waals surface area contributed by atoms with E-state index in [4.69, 9.17) is 0 Å². The zero-order valence-corrected chi connectivity index (χ0v) is 9.34. The SMILES string of the molecule is C=C/C(S)=C(I)/N=C\C=C/C. The summed E-state index contributed by atoms with van der Waals surface area (Å²) in [5.41, 5.74) is 0. The largest absolute Gasteiger partial charge is 0.249 e. The van der Waals surface area contributed by atoms with Crippen LogP contribution in [0.2, 0.25) is 0 Å². The Morgan fingerprint density at radius 3 is 2.73 bits per heavy atom. The molecule has 0 amide bonds. The van der Waals surface area contributed by atoms with E-state index in [-0.39, 0.29) is 0 Å². The van der Waals surface area contributed by atoms with Gasteiger partial charge >= 0.3 is 0 Å². The summed E-state index contributed by atoms with van der Waals surface area (Å²) >= 11 is 6.25. The molecule has 0 aliphatic carbocycles. The standard InChI is InChI=1S/C8H10INS/c1-3-5-6-10-8(9)7(11)4-2/h3-6,11H,2H2,1H3/b5-3-,8-7-,10-6-. The topological polar surface area (TPSA) is 12.4 Å². The van der Waals surface area contributed by atoms with Crippen LogP contribution in [0.3, 0.4) is 0 Å². The number of allylic oxidation sites excluding steroid dienone is 3. The first kappa shape index (κ1) is 11.0. The Morgan fingerprint density at radius 2 is 2.27 bits per heavy atom. The zero-order valence-electron chi connectivity index (χ0n) is 6.29. The smallest absolute Gasteiger partial charge is 0.114 e. The zero-order chi connectivity index (χ0) is 8.69. The van der Waals surface area contributed by atoms with Crippen molar-refractivity contribution in [2.45, 2.75) is 6.92 Å². The number of halogens is 1. The third-order valence-electron chi connectivity index (χ3n) is 0.871. The van der Waals surface area contributed by atoms with E-state index in [1.807, 2.05) is 19.1 Å². The van der Waals surface area contributed by atoms with Crippen LogP contribution in [0.1, 0.15) is 6.92 Å². The summed E-state index contributed by atoms with van der Waals surface area (Å²) in [7, 11) is 0. The van der Waals surface area contributed by atoms with Gasteiger partial charge in [-0.25, -0.2) is 4.99 Å². The Morgan fingerprint density at radius 1 is 1.64 bits per heavy atom. The van der Waals surface area contributed by atoms with E-state index >= 15 is 0 Å². The molecule has 0 aromatic carbocycles. The van der Waals surface area contributed by atoms with Gasteiger partial charge in [0.05, 0.1) is 0 Å². The predicted octanol–water partition coefficient (Wildman–Crippen LogP) is 3.35. The third kappa shape index (κ3) is 5.26. The van der Waals surface area contributed by atoms with Crippen molar-refractivity contribution in [2.75, 3.05) is 0 Å². The van der Waals surface area contributed by atoms with Gasteiger partial charge < -0.3 is 0 Å². The molecule has 0 saturated carbocycles. The van der Waals surface area contributed by atoms with Crippen LogP contribution < -0.4 is 0 Å². The second-order valence-electron chi connectivity index (χ2n) is 1.68. The van der Waals surface area contributed by atoms with Crippen molar-refractivity contribution in [3.8, 4) is 0 Å². The Bertz CT molecular complexity index is 216. The Labute approximate surface area is 86.5 Å². The molecule has 0 aromatic heterocycles. The summed E-state index contributed by atoms with van der Waals surface area (Å²) in [6, 6.07) is 0. The average Bonchev–Trinajstić information content (AvgIpc) is 2.03. The van der Waals surface area contributed by atoms with Gasteiger partial charge in [0.25, 0.3) is 0 Å². The number of hydrogen-bond donors (Lipinski definition) is 1. The van der Waals surface area contributed by atoms with E-state index in [0.717, 1.165) is 8.61 Å². The van der Waals surface area contributed by atoms with Crippen molar-refractivity contribution >= 4 is 41.4 Å². The normalized spacial score (nSPS) is 14.1. The molecular weight excluding hydrogens is 269 g/mol. The molecule has 0 spiro atoms. The first-order valence-corrected chi connectivity index (χ1v) is 4.61. The molecule has 11 heavy (non-hydrogen) atoms. The van der Waals surface area contributed by atoms with Crippen LogP contribution in [0, 0.1) is 0 Å². The minimum atomic E-state index is 0.798. The molecule has 0 radical (unpaired) electrons. The van der Waals surface area contributed by atoms with E-state index in [2.05, 4.69) is 46.8 Å². The molecule has 0 unspecified atom stereocenters. The number of aliphatic imine (C=N–C) groups is 1. The highest BCUT2D eigenvalue weighted by Crippen LogP contribution is 2.17. The first-order valence-electron chi connectivity index (χ1n) is 3.09. The number of nitrogens with zero attached hydrogens (tertiary/aromatic N) is 1. The van der Waals surface area contributed by atoms with E-state index in [1.54, 1.807) is 12.3 Å². The van der Waals surface area contributed by atoms with Crippen LogP contribution >= 0.6 is 35.2 Å². The maximum absolute atomic E-state index is 4.14. The van der Waals surface area contributed by atoms with Crippen molar-refractivity contribution in [1.29, 1.82) is 0 Å². The number of hydrogen-bond acceptors (Lipinski definition) is 2. The molecule has 0 saturated heterocycles. The van der Waals surface area contributed by atoms with Gasteiger partial charge in [-0.05, 0) is 35.6 Å². The van der Waals surface area contributed by atoms with Crippen LogP contribution in [0.5, 0.6) is 0 Å². The van der Waals surface area contributed by atoms with Crippen molar-refractivity contribution in [2.24, 2.45) is 4.99 Å². The molecule has 0 aliphatic rings. The molecular formula is C8H10INS. The second kappa shape index (κ2) is 6.67. The lowest BCUT2D eigenvalue weighted by Gasteiger charge is -1.90. The van der Waals surface area contributed by atoms with Crippen molar-refractivity contribution in [1.82, 2.24) is 0 Å². The van der Waals surface area contributed by atoms with Gasteiger partial charge in [-0.15, -0.1) is 12.6 Å². The highest BCUT2D eigenvalue weighted by atomic mass is 127. The van der Waals surface area contributed by atoms with Crippen LogP contribution in [-0.2, 0) is 0 Å². The van der Waals surface area contributed by atoms with Crippen LogP contribution in [0.4, 0.5) is 0 Å². The van der Waals surface area contributed by atoms with Gasteiger partial charge in [0.2, 0.25) is 0 Å². The first-order chi connectivity index (χ1) is 5.22. The summed E-state index contributed by atoms with van der Waals surface area (Å²) in [4.78, 5) is 4.89. The molecule has 60 valence electrons. The summed E-state index contributed by atoms with van der Waals surface area (Å²) in [5.74, 6) is 0. The lowest BCUT2D eigenvalue weighted by Crippen LogP contribution is -1.69. The summed E-state index contributed by atoms with van der Waals surface area (Å²) in [6.07, 6.45) is 7.17. The fourth-order valence-electron chi connectivity index (χ4n) is 0.345. The average molecular weight is 279 g/mol. The Balaban J connectivity index is 4.26.